The number of hydrogen-bond donors (Lipinski definition) is 2. The van der Waals surface area contributed by atoms with Crippen molar-refractivity contribution in [2.24, 2.45) is 0 Å². The predicted octanol–water partition coefficient (Wildman–Crippen LogP) is 4.12. The van der Waals surface area contributed by atoms with Gasteiger partial charge >= 0.3 is 0 Å². The van der Waals surface area contributed by atoms with E-state index in [1.807, 2.05) is 23.5 Å². The number of aryl methyl sites for hydroxylation is 2. The topological polar surface area (TPSA) is 38.0 Å². The number of nitrogens with two attached hydrogens (primary N) is 1. The lowest BCUT2D eigenvalue weighted by atomic mass is 10.1. The van der Waals surface area contributed by atoms with Gasteiger partial charge in [0.05, 0.1) is 17.4 Å². The van der Waals surface area contributed by atoms with E-state index in [2.05, 4.69) is 44.3 Å². The van der Waals surface area contributed by atoms with Gasteiger partial charge in [-0.1, -0.05) is 6.07 Å². The second-order valence-electron chi connectivity index (χ2n) is 4.41. The molecule has 0 bridgehead atoms. The molecule has 1 atom stereocenters. The van der Waals surface area contributed by atoms with Gasteiger partial charge in [0.25, 0.3) is 0 Å². The van der Waals surface area contributed by atoms with Gasteiger partial charge in [0.2, 0.25) is 0 Å². The van der Waals surface area contributed by atoms with Gasteiger partial charge in [-0.2, -0.15) is 0 Å². The lowest BCUT2D eigenvalue weighted by Gasteiger charge is -2.16. The average Bonchev–Trinajstić information content (AvgIpc) is 2.70. The van der Waals surface area contributed by atoms with Gasteiger partial charge in [-0.15, -0.1) is 11.3 Å². The fraction of sp³-hybridized carbons (Fsp3) is 0.286. The molecule has 3 N–H and O–H groups in total. The molecule has 2 aromatic rings. The maximum atomic E-state index is 5.96. The van der Waals surface area contributed by atoms with Crippen LogP contribution < -0.4 is 11.1 Å². The average molecular weight is 246 g/mol. The molecule has 0 radical (unpaired) electrons. The Morgan fingerprint density at radius 1 is 1.18 bits per heavy atom. The van der Waals surface area contributed by atoms with Crippen molar-refractivity contribution in [3.05, 3.63) is 45.6 Å². The third-order valence-electron chi connectivity index (χ3n) is 2.77. The summed E-state index contributed by atoms with van der Waals surface area (Å²) in [7, 11) is 0. The van der Waals surface area contributed by atoms with Gasteiger partial charge < -0.3 is 11.1 Å². The first kappa shape index (κ1) is 12.0. The molecule has 0 fully saturated rings. The number of nitrogens with one attached hydrogen (secondary N) is 1. The summed E-state index contributed by atoms with van der Waals surface area (Å²) in [6.45, 7) is 6.36. The highest BCUT2D eigenvalue weighted by atomic mass is 32.1. The van der Waals surface area contributed by atoms with Gasteiger partial charge in [-0.25, -0.2) is 0 Å². The lowest BCUT2D eigenvalue weighted by molar-refractivity contribution is 0.908. The molecule has 1 unspecified atom stereocenters. The van der Waals surface area contributed by atoms with Crippen LogP contribution >= 0.6 is 11.3 Å². The van der Waals surface area contributed by atoms with Crippen molar-refractivity contribution in [1.82, 2.24) is 0 Å². The first-order valence-corrected chi connectivity index (χ1v) is 6.57. The number of benzene rings is 1. The van der Waals surface area contributed by atoms with E-state index in [-0.39, 0.29) is 6.04 Å². The Hall–Kier alpha value is -1.48. The van der Waals surface area contributed by atoms with Crippen LogP contribution in [0.25, 0.3) is 0 Å². The van der Waals surface area contributed by atoms with Crippen molar-refractivity contribution < 1.29 is 0 Å². The fourth-order valence-corrected chi connectivity index (χ4v) is 2.67. The van der Waals surface area contributed by atoms with Crippen LogP contribution in [-0.4, -0.2) is 0 Å². The Kier molecular flexibility index (Phi) is 3.38. The number of thiophene rings is 1. The molecule has 0 aliphatic rings. The molecule has 0 aliphatic heterocycles. The Balaban J connectivity index is 2.18. The van der Waals surface area contributed by atoms with Crippen molar-refractivity contribution in [3.63, 3.8) is 0 Å². The Morgan fingerprint density at radius 3 is 2.59 bits per heavy atom. The van der Waals surface area contributed by atoms with E-state index in [0.29, 0.717) is 0 Å². The van der Waals surface area contributed by atoms with Crippen molar-refractivity contribution >= 4 is 22.7 Å². The number of anilines is 2. The summed E-state index contributed by atoms with van der Waals surface area (Å²) in [5, 5.41) is 3.47. The van der Waals surface area contributed by atoms with Gasteiger partial charge in [0, 0.05) is 9.75 Å². The van der Waals surface area contributed by atoms with Crippen molar-refractivity contribution in [1.29, 1.82) is 0 Å². The van der Waals surface area contributed by atoms with E-state index >= 15 is 0 Å². The van der Waals surface area contributed by atoms with Gasteiger partial charge in [0.1, 0.15) is 0 Å². The van der Waals surface area contributed by atoms with Crippen molar-refractivity contribution in [2.75, 3.05) is 11.1 Å². The molecule has 2 rings (SSSR count). The molecule has 3 heteroatoms. The van der Waals surface area contributed by atoms with Crippen LogP contribution in [0, 0.1) is 13.8 Å². The lowest BCUT2D eigenvalue weighted by Crippen LogP contribution is -2.07. The maximum Gasteiger partial charge on any atom is 0.0581 e. The van der Waals surface area contributed by atoms with Crippen LogP contribution in [0.5, 0.6) is 0 Å². The minimum absolute atomic E-state index is 0.290. The zero-order chi connectivity index (χ0) is 12.4. The summed E-state index contributed by atoms with van der Waals surface area (Å²) in [4.78, 5) is 2.68. The summed E-state index contributed by atoms with van der Waals surface area (Å²) in [6.07, 6.45) is 0. The maximum absolute atomic E-state index is 5.96. The normalized spacial score (nSPS) is 12.4. The second kappa shape index (κ2) is 4.80. The minimum atomic E-state index is 0.290. The highest BCUT2D eigenvalue weighted by Crippen LogP contribution is 2.28. The van der Waals surface area contributed by atoms with Gasteiger partial charge in [0.15, 0.2) is 0 Å². The highest BCUT2D eigenvalue weighted by Gasteiger charge is 2.09. The summed E-state index contributed by atoms with van der Waals surface area (Å²) in [5.41, 5.74) is 9.00. The molecule has 0 spiro atoms. The molecule has 1 heterocycles. The molecule has 0 saturated heterocycles. The molecule has 0 saturated carbocycles. The fourth-order valence-electron chi connectivity index (χ4n) is 1.79. The summed E-state index contributed by atoms with van der Waals surface area (Å²) in [6, 6.07) is 10.7. The number of nitrogen functional groups attached to an aromatic ring is 1. The van der Waals surface area contributed by atoms with E-state index in [1.165, 1.54) is 15.3 Å². The van der Waals surface area contributed by atoms with E-state index in [0.717, 1.165) is 11.4 Å². The van der Waals surface area contributed by atoms with Crippen LogP contribution in [-0.2, 0) is 0 Å². The van der Waals surface area contributed by atoms with Gasteiger partial charge in [-0.3, -0.25) is 0 Å². The molecule has 0 aliphatic carbocycles. The monoisotopic (exact) mass is 246 g/mol. The second-order valence-corrected chi connectivity index (χ2v) is 5.72. The largest absolute Gasteiger partial charge is 0.397 e. The molecule has 90 valence electrons. The standard InChI is InChI=1S/C14H18N2S/c1-9-4-6-12(15)13(8-9)16-11(3)14-7-5-10(2)17-14/h4-8,11,16H,15H2,1-3H3. The molecule has 0 amide bonds. The molecule has 2 nitrogen and oxygen atoms in total. The first-order valence-electron chi connectivity index (χ1n) is 5.75. The zero-order valence-corrected chi connectivity index (χ0v) is 11.3. The summed E-state index contributed by atoms with van der Waals surface area (Å²) in [5.74, 6) is 0. The van der Waals surface area contributed by atoms with Crippen LogP contribution in [0.15, 0.2) is 30.3 Å². The van der Waals surface area contributed by atoms with E-state index in [9.17, 15) is 0 Å². The molecular formula is C14H18N2S. The third-order valence-corrected chi connectivity index (χ3v) is 3.95. The molecule has 1 aromatic heterocycles. The minimum Gasteiger partial charge on any atom is -0.397 e. The quantitative estimate of drug-likeness (QED) is 0.799. The first-order chi connectivity index (χ1) is 8.06. The van der Waals surface area contributed by atoms with E-state index in [4.69, 9.17) is 5.73 Å². The molecule has 1 aromatic carbocycles. The molecule has 17 heavy (non-hydrogen) atoms. The Morgan fingerprint density at radius 2 is 1.94 bits per heavy atom. The predicted molar refractivity (Wildman–Crippen MR) is 76.7 cm³/mol. The highest BCUT2D eigenvalue weighted by molar-refractivity contribution is 7.12. The van der Waals surface area contributed by atoms with Crippen LogP contribution in [0.2, 0.25) is 0 Å². The van der Waals surface area contributed by atoms with E-state index < -0.39 is 0 Å². The molecular weight excluding hydrogens is 228 g/mol. The zero-order valence-electron chi connectivity index (χ0n) is 10.4. The number of hydrogen-bond acceptors (Lipinski definition) is 3. The Labute approximate surface area is 106 Å². The summed E-state index contributed by atoms with van der Waals surface area (Å²) < 4.78 is 0. The third kappa shape index (κ3) is 2.80. The van der Waals surface area contributed by atoms with Crippen molar-refractivity contribution in [3.8, 4) is 0 Å². The summed E-state index contributed by atoms with van der Waals surface area (Å²) >= 11 is 1.82. The SMILES string of the molecule is Cc1ccc(N)c(NC(C)c2ccc(C)s2)c1. The van der Waals surface area contributed by atoms with Crippen LogP contribution in [0.4, 0.5) is 11.4 Å². The number of rotatable bonds is 3. The van der Waals surface area contributed by atoms with Gasteiger partial charge in [-0.05, 0) is 50.6 Å². The van der Waals surface area contributed by atoms with Crippen LogP contribution in [0.3, 0.4) is 0 Å². The van der Waals surface area contributed by atoms with E-state index in [1.54, 1.807) is 0 Å². The van der Waals surface area contributed by atoms with Crippen LogP contribution in [0.1, 0.15) is 28.3 Å². The Bertz CT molecular complexity index is 517. The smallest absolute Gasteiger partial charge is 0.0581 e. The van der Waals surface area contributed by atoms with Crippen molar-refractivity contribution in [2.45, 2.75) is 26.8 Å².